The standard InChI is InChI=1S/C26H46N2O/c1-3-5-6-7-8-9-10-11-12-13-14-15-16-20-23-27-26(29)24-28(4-2)25-21-18-17-19-22-25/h17-19,21-22H,3-16,20,23-24H2,1-2H3,(H,27,29). The predicted octanol–water partition coefficient (Wildman–Crippen LogP) is 7.11. The molecule has 3 heteroatoms. The molecule has 0 spiro atoms. The zero-order valence-electron chi connectivity index (χ0n) is 19.3. The first kappa shape index (κ1) is 25.5. The van der Waals surface area contributed by atoms with E-state index in [0.717, 1.165) is 25.2 Å². The van der Waals surface area contributed by atoms with Crippen LogP contribution >= 0.6 is 0 Å². The lowest BCUT2D eigenvalue weighted by atomic mass is 10.0. The van der Waals surface area contributed by atoms with Gasteiger partial charge in [-0.1, -0.05) is 109 Å². The summed E-state index contributed by atoms with van der Waals surface area (Å²) >= 11 is 0. The summed E-state index contributed by atoms with van der Waals surface area (Å²) in [6, 6.07) is 10.2. The molecule has 0 radical (unpaired) electrons. The van der Waals surface area contributed by atoms with Gasteiger partial charge in [-0.3, -0.25) is 4.79 Å². The number of anilines is 1. The molecule has 0 heterocycles. The molecular formula is C26H46N2O. The van der Waals surface area contributed by atoms with E-state index in [1.54, 1.807) is 0 Å². The normalized spacial score (nSPS) is 10.8. The Bertz CT molecular complexity index is 489. The highest BCUT2D eigenvalue weighted by atomic mass is 16.2. The summed E-state index contributed by atoms with van der Waals surface area (Å²) < 4.78 is 0. The molecule has 0 bridgehead atoms. The molecule has 1 aromatic rings. The average molecular weight is 403 g/mol. The number of para-hydroxylation sites is 1. The molecule has 0 aliphatic rings. The second-order valence-electron chi connectivity index (χ2n) is 8.30. The number of nitrogens with one attached hydrogen (secondary N) is 1. The van der Waals surface area contributed by atoms with Crippen LogP contribution in [-0.4, -0.2) is 25.5 Å². The minimum Gasteiger partial charge on any atom is -0.363 e. The summed E-state index contributed by atoms with van der Waals surface area (Å²) in [5.74, 6) is 0.130. The van der Waals surface area contributed by atoms with Crippen LogP contribution in [0.5, 0.6) is 0 Å². The van der Waals surface area contributed by atoms with Crippen molar-refractivity contribution in [2.24, 2.45) is 0 Å². The number of hydrogen-bond acceptors (Lipinski definition) is 2. The van der Waals surface area contributed by atoms with Crippen molar-refractivity contribution in [3.05, 3.63) is 30.3 Å². The zero-order valence-corrected chi connectivity index (χ0v) is 19.3. The number of carbonyl (C=O) groups is 1. The Kier molecular flexibility index (Phi) is 16.3. The molecule has 29 heavy (non-hydrogen) atoms. The highest BCUT2D eigenvalue weighted by molar-refractivity contribution is 5.81. The van der Waals surface area contributed by atoms with Gasteiger partial charge < -0.3 is 10.2 Å². The van der Waals surface area contributed by atoms with Gasteiger partial charge in [0, 0.05) is 18.8 Å². The number of unbranched alkanes of at least 4 members (excludes halogenated alkanes) is 13. The van der Waals surface area contributed by atoms with E-state index >= 15 is 0 Å². The number of nitrogens with zero attached hydrogens (tertiary/aromatic N) is 1. The highest BCUT2D eigenvalue weighted by Gasteiger charge is 2.08. The smallest absolute Gasteiger partial charge is 0.239 e. The zero-order chi connectivity index (χ0) is 21.0. The van der Waals surface area contributed by atoms with Crippen LogP contribution in [0.4, 0.5) is 5.69 Å². The van der Waals surface area contributed by atoms with E-state index in [9.17, 15) is 4.79 Å². The number of hydrogen-bond donors (Lipinski definition) is 1. The molecule has 0 aliphatic heterocycles. The van der Waals surface area contributed by atoms with Gasteiger partial charge in [-0.2, -0.15) is 0 Å². The summed E-state index contributed by atoms with van der Waals surface area (Å²) in [5, 5.41) is 3.08. The van der Waals surface area contributed by atoms with Crippen molar-refractivity contribution in [1.82, 2.24) is 5.32 Å². The fourth-order valence-corrected chi connectivity index (χ4v) is 3.80. The quantitative estimate of drug-likeness (QED) is 0.250. The number of benzene rings is 1. The summed E-state index contributed by atoms with van der Waals surface area (Å²) in [6.07, 6.45) is 19.1. The molecule has 1 amide bonds. The van der Waals surface area contributed by atoms with Gasteiger partial charge in [0.1, 0.15) is 0 Å². The molecule has 3 nitrogen and oxygen atoms in total. The molecule has 0 unspecified atom stereocenters. The first-order chi connectivity index (χ1) is 14.3. The summed E-state index contributed by atoms with van der Waals surface area (Å²) in [5.41, 5.74) is 1.11. The molecule has 0 aliphatic carbocycles. The number of amides is 1. The van der Waals surface area contributed by atoms with Crippen LogP contribution in [0, 0.1) is 0 Å². The lowest BCUT2D eigenvalue weighted by Crippen LogP contribution is -2.37. The van der Waals surface area contributed by atoms with Crippen molar-refractivity contribution in [1.29, 1.82) is 0 Å². The fraction of sp³-hybridized carbons (Fsp3) is 0.731. The minimum atomic E-state index is 0.130. The monoisotopic (exact) mass is 402 g/mol. The van der Waals surface area contributed by atoms with E-state index < -0.39 is 0 Å². The van der Waals surface area contributed by atoms with Crippen LogP contribution in [0.2, 0.25) is 0 Å². The highest BCUT2D eigenvalue weighted by Crippen LogP contribution is 2.13. The minimum absolute atomic E-state index is 0.130. The molecular weight excluding hydrogens is 356 g/mol. The molecule has 1 N–H and O–H groups in total. The molecule has 1 aromatic carbocycles. The van der Waals surface area contributed by atoms with Gasteiger partial charge >= 0.3 is 0 Å². The average Bonchev–Trinajstić information content (AvgIpc) is 2.75. The van der Waals surface area contributed by atoms with Gasteiger partial charge in [0.2, 0.25) is 5.91 Å². The summed E-state index contributed by atoms with van der Waals surface area (Å²) in [6.45, 7) is 6.47. The summed E-state index contributed by atoms with van der Waals surface area (Å²) in [7, 11) is 0. The molecule has 0 atom stereocenters. The second-order valence-corrected chi connectivity index (χ2v) is 8.30. The first-order valence-electron chi connectivity index (χ1n) is 12.3. The Morgan fingerprint density at radius 3 is 1.69 bits per heavy atom. The van der Waals surface area contributed by atoms with Crippen molar-refractivity contribution in [2.75, 3.05) is 24.5 Å². The lowest BCUT2D eigenvalue weighted by molar-refractivity contribution is -0.119. The Morgan fingerprint density at radius 1 is 0.724 bits per heavy atom. The third kappa shape index (κ3) is 14.2. The number of carbonyl (C=O) groups excluding carboxylic acids is 1. The Balaban J connectivity index is 1.88. The van der Waals surface area contributed by atoms with E-state index in [2.05, 4.69) is 36.2 Å². The van der Waals surface area contributed by atoms with Crippen LogP contribution in [0.15, 0.2) is 30.3 Å². The maximum Gasteiger partial charge on any atom is 0.239 e. The van der Waals surface area contributed by atoms with Crippen LogP contribution in [0.3, 0.4) is 0 Å². The van der Waals surface area contributed by atoms with Gasteiger partial charge in [-0.05, 0) is 25.5 Å². The molecule has 0 aromatic heterocycles. The number of likely N-dealkylation sites (N-methyl/N-ethyl adjacent to an activating group) is 1. The SMILES string of the molecule is CCCCCCCCCCCCCCCCNC(=O)CN(CC)c1ccccc1. The van der Waals surface area contributed by atoms with Crippen LogP contribution in [0.1, 0.15) is 104 Å². The van der Waals surface area contributed by atoms with Crippen LogP contribution in [0.25, 0.3) is 0 Å². The van der Waals surface area contributed by atoms with Crippen LogP contribution < -0.4 is 10.2 Å². The molecule has 0 fully saturated rings. The first-order valence-corrected chi connectivity index (χ1v) is 12.3. The van der Waals surface area contributed by atoms with Crippen molar-refractivity contribution >= 4 is 11.6 Å². The van der Waals surface area contributed by atoms with E-state index in [1.807, 2.05) is 18.2 Å². The maximum atomic E-state index is 12.2. The Morgan fingerprint density at radius 2 is 1.21 bits per heavy atom. The van der Waals surface area contributed by atoms with Crippen molar-refractivity contribution < 1.29 is 4.79 Å². The molecule has 1 rings (SSSR count). The lowest BCUT2D eigenvalue weighted by Gasteiger charge is -2.22. The van der Waals surface area contributed by atoms with Crippen molar-refractivity contribution in [2.45, 2.75) is 104 Å². The summed E-state index contributed by atoms with van der Waals surface area (Å²) in [4.78, 5) is 14.3. The van der Waals surface area contributed by atoms with Gasteiger partial charge in [0.05, 0.1) is 6.54 Å². The fourth-order valence-electron chi connectivity index (χ4n) is 3.80. The van der Waals surface area contributed by atoms with Gasteiger partial charge in [0.15, 0.2) is 0 Å². The maximum absolute atomic E-state index is 12.2. The second kappa shape index (κ2) is 18.5. The van der Waals surface area contributed by atoms with Gasteiger partial charge in [0.25, 0.3) is 0 Å². The molecule has 0 saturated heterocycles. The molecule has 166 valence electrons. The third-order valence-electron chi connectivity index (χ3n) is 5.69. The Labute approximate surface area is 180 Å². The van der Waals surface area contributed by atoms with Crippen molar-refractivity contribution in [3.8, 4) is 0 Å². The third-order valence-corrected chi connectivity index (χ3v) is 5.69. The van der Waals surface area contributed by atoms with E-state index in [1.165, 1.54) is 83.5 Å². The largest absolute Gasteiger partial charge is 0.363 e. The number of rotatable bonds is 19. The Hall–Kier alpha value is -1.51. The van der Waals surface area contributed by atoms with E-state index in [4.69, 9.17) is 0 Å². The molecule has 0 saturated carbocycles. The van der Waals surface area contributed by atoms with Crippen LogP contribution in [-0.2, 0) is 4.79 Å². The van der Waals surface area contributed by atoms with Gasteiger partial charge in [-0.25, -0.2) is 0 Å². The topological polar surface area (TPSA) is 32.3 Å². The van der Waals surface area contributed by atoms with Gasteiger partial charge in [-0.15, -0.1) is 0 Å². The van der Waals surface area contributed by atoms with E-state index in [-0.39, 0.29) is 5.91 Å². The van der Waals surface area contributed by atoms with E-state index in [0.29, 0.717) is 6.54 Å². The predicted molar refractivity (Wildman–Crippen MR) is 128 cm³/mol. The van der Waals surface area contributed by atoms with Crippen molar-refractivity contribution in [3.63, 3.8) is 0 Å².